The molecule has 0 saturated carbocycles. The van der Waals surface area contributed by atoms with Crippen LogP contribution in [0.25, 0.3) is 0 Å². The van der Waals surface area contributed by atoms with E-state index in [4.69, 9.17) is 0 Å². The number of rotatable bonds is 3. The zero-order valence-electron chi connectivity index (χ0n) is 5.46. The fourth-order valence-electron chi connectivity index (χ4n) is 0.185. The molecule has 4 nitrogen and oxygen atoms in total. The predicted molar refractivity (Wildman–Crippen MR) is 32.7 cm³/mol. The van der Waals surface area contributed by atoms with E-state index in [-0.39, 0.29) is 43.6 Å². The molecule has 0 N–H and O–H groups in total. The molecule has 0 aromatic carbocycles. The van der Waals surface area contributed by atoms with E-state index >= 15 is 0 Å². The van der Waals surface area contributed by atoms with Gasteiger partial charge in [-0.25, -0.2) is 8.42 Å². The first-order valence-electron chi connectivity index (χ1n) is 2.16. The van der Waals surface area contributed by atoms with Crippen molar-refractivity contribution in [3.8, 4) is 0 Å². The molecule has 0 spiro atoms. The maximum atomic E-state index is 9.61. The molecule has 0 aromatic heterocycles. The Bertz CT molecular complexity index is 141. The SMILES string of the molecule is C.CCCOS(=O)(=O)[O-].[Na+]. The van der Waals surface area contributed by atoms with Crippen LogP contribution in [0.5, 0.6) is 0 Å². The molecule has 0 aromatic rings. The quantitative estimate of drug-likeness (QED) is 0.272. The smallest absolute Gasteiger partial charge is 0.726 e. The molecule has 10 heavy (non-hydrogen) atoms. The summed E-state index contributed by atoms with van der Waals surface area (Å²) in [5.41, 5.74) is 0. The summed E-state index contributed by atoms with van der Waals surface area (Å²) in [6.45, 7) is 1.69. The summed E-state index contributed by atoms with van der Waals surface area (Å²) >= 11 is 0. The second-order valence-corrected chi connectivity index (χ2v) is 2.28. The van der Waals surface area contributed by atoms with Crippen molar-refractivity contribution >= 4 is 10.4 Å². The van der Waals surface area contributed by atoms with Crippen LogP contribution in [-0.2, 0) is 14.6 Å². The number of hydrogen-bond donors (Lipinski definition) is 0. The topological polar surface area (TPSA) is 66.4 Å². The van der Waals surface area contributed by atoms with Gasteiger partial charge in [0, 0.05) is 0 Å². The zero-order chi connectivity index (χ0) is 6.62. The van der Waals surface area contributed by atoms with Gasteiger partial charge in [0.1, 0.15) is 0 Å². The van der Waals surface area contributed by atoms with Crippen molar-refractivity contribution in [2.45, 2.75) is 20.8 Å². The summed E-state index contributed by atoms with van der Waals surface area (Å²) in [7, 11) is -4.44. The molecular formula is C4H11NaO4S. The van der Waals surface area contributed by atoms with Crippen molar-refractivity contribution in [2.75, 3.05) is 6.61 Å². The second-order valence-electron chi connectivity index (χ2n) is 1.23. The third kappa shape index (κ3) is 15.9. The van der Waals surface area contributed by atoms with Crippen LogP contribution in [0.2, 0.25) is 0 Å². The van der Waals surface area contributed by atoms with Gasteiger partial charge in [0.15, 0.2) is 0 Å². The summed E-state index contributed by atoms with van der Waals surface area (Å²) in [5, 5.41) is 0. The third-order valence-corrected chi connectivity index (χ3v) is 0.887. The molecule has 0 amide bonds. The van der Waals surface area contributed by atoms with Gasteiger partial charge in [-0.05, 0) is 6.42 Å². The van der Waals surface area contributed by atoms with Gasteiger partial charge >= 0.3 is 29.6 Å². The van der Waals surface area contributed by atoms with Crippen LogP contribution in [0.1, 0.15) is 20.8 Å². The Morgan fingerprint density at radius 2 is 1.90 bits per heavy atom. The molecule has 0 rings (SSSR count). The van der Waals surface area contributed by atoms with Crippen molar-refractivity contribution in [3.05, 3.63) is 0 Å². The second kappa shape index (κ2) is 7.97. The Balaban J connectivity index is -0.000000245. The first-order valence-corrected chi connectivity index (χ1v) is 3.50. The fourth-order valence-corrected chi connectivity index (χ4v) is 0.556. The van der Waals surface area contributed by atoms with Crippen molar-refractivity contribution < 1.29 is 46.7 Å². The van der Waals surface area contributed by atoms with Crippen molar-refractivity contribution in [1.82, 2.24) is 0 Å². The summed E-state index contributed by atoms with van der Waals surface area (Å²) in [4.78, 5) is 0. The normalized spacial score (nSPS) is 9.40. The molecule has 58 valence electrons. The maximum absolute atomic E-state index is 9.61. The summed E-state index contributed by atoms with van der Waals surface area (Å²) < 4.78 is 32.6. The van der Waals surface area contributed by atoms with Crippen LogP contribution < -0.4 is 29.6 Å². The van der Waals surface area contributed by atoms with E-state index in [0.717, 1.165) is 0 Å². The molecule has 0 saturated heterocycles. The molecule has 0 aliphatic rings. The van der Waals surface area contributed by atoms with Crippen LogP contribution in [0.4, 0.5) is 0 Å². The Kier molecular flexibility index (Phi) is 13.6. The van der Waals surface area contributed by atoms with E-state index < -0.39 is 10.4 Å². The largest absolute Gasteiger partial charge is 1.00 e. The van der Waals surface area contributed by atoms with Gasteiger partial charge in [-0.1, -0.05) is 14.4 Å². The van der Waals surface area contributed by atoms with E-state index in [1.54, 1.807) is 6.92 Å². The molecule has 0 radical (unpaired) electrons. The molecule has 0 heterocycles. The van der Waals surface area contributed by atoms with Gasteiger partial charge in [0.05, 0.1) is 6.61 Å². The van der Waals surface area contributed by atoms with Gasteiger partial charge in [0.25, 0.3) is 0 Å². The van der Waals surface area contributed by atoms with Gasteiger partial charge in [-0.2, -0.15) is 0 Å². The van der Waals surface area contributed by atoms with Crippen LogP contribution >= 0.6 is 0 Å². The van der Waals surface area contributed by atoms with Gasteiger partial charge in [0.2, 0.25) is 10.4 Å². The molecule has 0 bridgehead atoms. The summed E-state index contributed by atoms with van der Waals surface area (Å²) in [6.07, 6.45) is 0.529. The van der Waals surface area contributed by atoms with E-state index in [0.29, 0.717) is 6.42 Å². The average Bonchev–Trinajstić information content (AvgIpc) is 1.59. The van der Waals surface area contributed by atoms with E-state index in [2.05, 4.69) is 4.18 Å². The van der Waals surface area contributed by atoms with E-state index in [1.807, 2.05) is 0 Å². The van der Waals surface area contributed by atoms with Crippen LogP contribution in [0.3, 0.4) is 0 Å². The monoisotopic (exact) mass is 178 g/mol. The minimum atomic E-state index is -4.44. The van der Waals surface area contributed by atoms with Crippen LogP contribution in [-0.4, -0.2) is 19.6 Å². The zero-order valence-corrected chi connectivity index (χ0v) is 8.27. The van der Waals surface area contributed by atoms with Crippen molar-refractivity contribution in [1.29, 1.82) is 0 Å². The Labute approximate surface area is 84.2 Å². The third-order valence-electron chi connectivity index (χ3n) is 0.432. The minimum Gasteiger partial charge on any atom is -0.726 e. The van der Waals surface area contributed by atoms with E-state index in [9.17, 15) is 13.0 Å². The molecule has 6 heteroatoms. The Morgan fingerprint density at radius 3 is 2.00 bits per heavy atom. The average molecular weight is 178 g/mol. The number of hydrogen-bond acceptors (Lipinski definition) is 4. The van der Waals surface area contributed by atoms with Crippen molar-refractivity contribution in [3.63, 3.8) is 0 Å². The predicted octanol–water partition coefficient (Wildman–Crippen LogP) is -2.49. The maximum Gasteiger partial charge on any atom is 1.00 e. The molecule has 0 aliphatic heterocycles. The minimum absolute atomic E-state index is 0. The van der Waals surface area contributed by atoms with Crippen molar-refractivity contribution in [2.24, 2.45) is 0 Å². The van der Waals surface area contributed by atoms with Crippen LogP contribution in [0, 0.1) is 0 Å². The standard InChI is InChI=1S/C3H8O4S.CH4.Na/c1-2-3-7-8(4,5)6;;/h2-3H2,1H3,(H,4,5,6);1H4;/q;;+1/p-1. The van der Waals surface area contributed by atoms with E-state index in [1.165, 1.54) is 0 Å². The molecule has 0 aliphatic carbocycles. The van der Waals surface area contributed by atoms with Gasteiger partial charge < -0.3 is 4.55 Å². The first kappa shape index (κ1) is 17.1. The molecular weight excluding hydrogens is 167 g/mol. The fraction of sp³-hybridized carbons (Fsp3) is 1.00. The van der Waals surface area contributed by atoms with Gasteiger partial charge in [-0.15, -0.1) is 0 Å². The first-order chi connectivity index (χ1) is 3.56. The van der Waals surface area contributed by atoms with Gasteiger partial charge in [-0.3, -0.25) is 4.18 Å². The molecule has 0 fully saturated rings. The Hall–Kier alpha value is 0.870. The molecule has 0 atom stereocenters. The summed E-state index contributed by atoms with van der Waals surface area (Å²) in [5.74, 6) is 0. The molecule has 0 unspecified atom stereocenters. The van der Waals surface area contributed by atoms with Crippen LogP contribution in [0.15, 0.2) is 0 Å². The summed E-state index contributed by atoms with van der Waals surface area (Å²) in [6, 6.07) is 0. The Morgan fingerprint density at radius 1 is 1.50 bits per heavy atom.